The SMILES string of the molecule is CNc1ncc(Br)cc1S(=O)(=O)Nc1cccc(F)c1F. The normalized spacial score (nSPS) is 11.2. The summed E-state index contributed by atoms with van der Waals surface area (Å²) < 4.78 is 53.7. The molecule has 1 heterocycles. The molecule has 0 amide bonds. The van der Waals surface area contributed by atoms with E-state index in [1.165, 1.54) is 25.4 Å². The number of rotatable bonds is 4. The van der Waals surface area contributed by atoms with Crippen LogP contribution in [-0.4, -0.2) is 20.4 Å². The second kappa shape index (κ2) is 5.94. The van der Waals surface area contributed by atoms with Crippen LogP contribution in [-0.2, 0) is 10.0 Å². The minimum absolute atomic E-state index is 0.0857. The van der Waals surface area contributed by atoms with Crippen LogP contribution in [0, 0.1) is 11.6 Å². The minimum atomic E-state index is -4.13. The van der Waals surface area contributed by atoms with Crippen LogP contribution in [0.2, 0.25) is 0 Å². The summed E-state index contributed by atoms with van der Waals surface area (Å²) in [5.41, 5.74) is -0.475. The number of anilines is 2. The van der Waals surface area contributed by atoms with Crippen molar-refractivity contribution in [2.24, 2.45) is 0 Å². The lowest BCUT2D eigenvalue weighted by atomic mass is 10.3. The maximum Gasteiger partial charge on any atom is 0.265 e. The Hall–Kier alpha value is -1.74. The Labute approximate surface area is 128 Å². The minimum Gasteiger partial charge on any atom is -0.372 e. The fraction of sp³-hybridized carbons (Fsp3) is 0.0833. The van der Waals surface area contributed by atoms with Crippen LogP contribution in [0.1, 0.15) is 0 Å². The molecule has 112 valence electrons. The Morgan fingerprint density at radius 1 is 1.29 bits per heavy atom. The molecule has 21 heavy (non-hydrogen) atoms. The Balaban J connectivity index is 2.48. The number of nitrogens with zero attached hydrogens (tertiary/aromatic N) is 1. The van der Waals surface area contributed by atoms with Crippen molar-refractivity contribution in [3.05, 3.63) is 46.6 Å². The van der Waals surface area contributed by atoms with Crippen molar-refractivity contribution in [2.45, 2.75) is 4.90 Å². The van der Waals surface area contributed by atoms with Gasteiger partial charge in [-0.05, 0) is 34.1 Å². The van der Waals surface area contributed by atoms with Gasteiger partial charge >= 0.3 is 0 Å². The molecule has 0 aliphatic carbocycles. The zero-order valence-electron chi connectivity index (χ0n) is 10.7. The average molecular weight is 378 g/mol. The van der Waals surface area contributed by atoms with Crippen LogP contribution in [0.15, 0.2) is 39.8 Å². The molecule has 5 nitrogen and oxygen atoms in total. The average Bonchev–Trinajstić information content (AvgIpc) is 2.44. The number of hydrogen-bond acceptors (Lipinski definition) is 4. The molecule has 0 unspecified atom stereocenters. The molecule has 0 saturated heterocycles. The summed E-state index contributed by atoms with van der Waals surface area (Å²) in [6, 6.07) is 4.53. The van der Waals surface area contributed by atoms with Gasteiger partial charge in [-0.25, -0.2) is 22.2 Å². The molecule has 0 spiro atoms. The first-order chi connectivity index (χ1) is 9.85. The Bertz CT molecular complexity index is 784. The monoisotopic (exact) mass is 377 g/mol. The molecule has 0 bridgehead atoms. The second-order valence-electron chi connectivity index (χ2n) is 3.96. The topological polar surface area (TPSA) is 71.1 Å². The molecule has 2 N–H and O–H groups in total. The number of halogens is 3. The van der Waals surface area contributed by atoms with E-state index >= 15 is 0 Å². The lowest BCUT2D eigenvalue weighted by molar-refractivity contribution is 0.511. The highest BCUT2D eigenvalue weighted by molar-refractivity contribution is 9.10. The van der Waals surface area contributed by atoms with E-state index in [0.717, 1.165) is 12.1 Å². The molecular formula is C12H10BrF2N3O2S. The van der Waals surface area contributed by atoms with Gasteiger partial charge in [-0.2, -0.15) is 0 Å². The van der Waals surface area contributed by atoms with Crippen LogP contribution in [0.3, 0.4) is 0 Å². The van der Waals surface area contributed by atoms with Crippen molar-refractivity contribution in [2.75, 3.05) is 17.1 Å². The molecule has 0 aliphatic rings. The standard InChI is InChI=1S/C12H10BrF2N3O2S/c1-16-12-10(5-7(13)6-17-12)21(19,20)18-9-4-2-3-8(14)11(9)15/h2-6,18H,1H3,(H,16,17). The van der Waals surface area contributed by atoms with Crippen molar-refractivity contribution in [3.63, 3.8) is 0 Å². The summed E-state index contributed by atoms with van der Waals surface area (Å²) in [7, 11) is -2.63. The first kappa shape index (κ1) is 15.6. The molecular weight excluding hydrogens is 368 g/mol. The molecule has 0 atom stereocenters. The third-order valence-electron chi connectivity index (χ3n) is 2.54. The predicted molar refractivity (Wildman–Crippen MR) is 78.7 cm³/mol. The van der Waals surface area contributed by atoms with Crippen molar-refractivity contribution < 1.29 is 17.2 Å². The molecule has 1 aromatic heterocycles. The van der Waals surface area contributed by atoms with Gasteiger partial charge in [0.2, 0.25) is 0 Å². The molecule has 9 heteroatoms. The van der Waals surface area contributed by atoms with E-state index < -0.39 is 27.3 Å². The van der Waals surface area contributed by atoms with E-state index in [4.69, 9.17) is 0 Å². The van der Waals surface area contributed by atoms with Gasteiger partial charge in [0.1, 0.15) is 10.7 Å². The number of nitrogens with one attached hydrogen (secondary N) is 2. The van der Waals surface area contributed by atoms with Gasteiger partial charge in [0.25, 0.3) is 10.0 Å². The fourth-order valence-corrected chi connectivity index (χ4v) is 3.33. The quantitative estimate of drug-likeness (QED) is 0.858. The summed E-state index contributed by atoms with van der Waals surface area (Å²) in [5.74, 6) is -2.33. The van der Waals surface area contributed by atoms with Gasteiger partial charge in [-0.3, -0.25) is 4.72 Å². The summed E-state index contributed by atoms with van der Waals surface area (Å²) in [4.78, 5) is 3.71. The van der Waals surface area contributed by atoms with E-state index in [-0.39, 0.29) is 10.7 Å². The molecule has 1 aromatic carbocycles. The smallest absolute Gasteiger partial charge is 0.265 e. The number of pyridine rings is 1. The summed E-state index contributed by atoms with van der Waals surface area (Å²) in [6.07, 6.45) is 1.41. The van der Waals surface area contributed by atoms with Crippen LogP contribution in [0.4, 0.5) is 20.3 Å². The summed E-state index contributed by atoms with van der Waals surface area (Å²) >= 11 is 3.11. The first-order valence-corrected chi connectivity index (χ1v) is 7.93. The van der Waals surface area contributed by atoms with E-state index in [9.17, 15) is 17.2 Å². The lowest BCUT2D eigenvalue weighted by Crippen LogP contribution is -2.16. The first-order valence-electron chi connectivity index (χ1n) is 5.65. The van der Waals surface area contributed by atoms with Crippen LogP contribution in [0.25, 0.3) is 0 Å². The van der Waals surface area contributed by atoms with Crippen molar-refractivity contribution in [1.82, 2.24) is 4.98 Å². The van der Waals surface area contributed by atoms with E-state index in [1.807, 2.05) is 4.72 Å². The van der Waals surface area contributed by atoms with Crippen molar-refractivity contribution in [1.29, 1.82) is 0 Å². The Kier molecular flexibility index (Phi) is 4.43. The number of sulfonamides is 1. The van der Waals surface area contributed by atoms with E-state index in [1.54, 1.807) is 0 Å². The molecule has 0 fully saturated rings. The van der Waals surface area contributed by atoms with Gasteiger partial charge < -0.3 is 5.32 Å². The third-order valence-corrected chi connectivity index (χ3v) is 4.35. The molecule has 2 aromatic rings. The largest absolute Gasteiger partial charge is 0.372 e. The van der Waals surface area contributed by atoms with Crippen LogP contribution >= 0.6 is 15.9 Å². The fourth-order valence-electron chi connectivity index (χ4n) is 1.60. The molecule has 0 aliphatic heterocycles. The van der Waals surface area contributed by atoms with Crippen LogP contribution in [0.5, 0.6) is 0 Å². The van der Waals surface area contributed by atoms with E-state index in [0.29, 0.717) is 4.47 Å². The Morgan fingerprint density at radius 2 is 2.00 bits per heavy atom. The van der Waals surface area contributed by atoms with Crippen molar-refractivity contribution >= 4 is 37.5 Å². The number of hydrogen-bond donors (Lipinski definition) is 2. The maximum atomic E-state index is 13.6. The number of aromatic nitrogens is 1. The van der Waals surface area contributed by atoms with Gasteiger partial charge in [-0.15, -0.1) is 0 Å². The maximum absolute atomic E-state index is 13.6. The zero-order valence-corrected chi connectivity index (χ0v) is 13.1. The van der Waals surface area contributed by atoms with Crippen molar-refractivity contribution in [3.8, 4) is 0 Å². The highest BCUT2D eigenvalue weighted by Crippen LogP contribution is 2.26. The zero-order chi connectivity index (χ0) is 15.6. The molecule has 2 rings (SSSR count). The van der Waals surface area contributed by atoms with Gasteiger partial charge in [0, 0.05) is 17.7 Å². The van der Waals surface area contributed by atoms with E-state index in [2.05, 4.69) is 26.2 Å². The lowest BCUT2D eigenvalue weighted by Gasteiger charge is -2.12. The summed E-state index contributed by atoms with van der Waals surface area (Å²) in [5, 5.41) is 2.62. The summed E-state index contributed by atoms with van der Waals surface area (Å²) in [6.45, 7) is 0. The highest BCUT2D eigenvalue weighted by Gasteiger charge is 2.22. The molecule has 0 radical (unpaired) electrons. The van der Waals surface area contributed by atoms with Gasteiger partial charge in [-0.1, -0.05) is 6.07 Å². The van der Waals surface area contributed by atoms with Gasteiger partial charge in [0.05, 0.1) is 5.69 Å². The number of benzene rings is 1. The van der Waals surface area contributed by atoms with Crippen LogP contribution < -0.4 is 10.0 Å². The highest BCUT2D eigenvalue weighted by atomic mass is 79.9. The second-order valence-corrected chi connectivity index (χ2v) is 6.52. The molecule has 0 saturated carbocycles. The third kappa shape index (κ3) is 3.30. The predicted octanol–water partition coefficient (Wildman–Crippen LogP) is 2.96. The Morgan fingerprint density at radius 3 is 2.67 bits per heavy atom. The van der Waals surface area contributed by atoms with Gasteiger partial charge in [0.15, 0.2) is 11.6 Å².